The van der Waals surface area contributed by atoms with E-state index in [9.17, 15) is 0 Å². The van der Waals surface area contributed by atoms with Gasteiger partial charge in [-0.2, -0.15) is 0 Å². The van der Waals surface area contributed by atoms with Crippen LogP contribution in [0.25, 0.3) is 0 Å². The second-order valence-electron chi connectivity index (χ2n) is 2.33. The van der Waals surface area contributed by atoms with E-state index >= 15 is 0 Å². The molecule has 1 heterocycles. The smallest absolute Gasteiger partial charge is 0.132 e. The molecular weight excluding hydrogens is 150 g/mol. The van der Waals surface area contributed by atoms with Crippen molar-refractivity contribution in [1.29, 1.82) is 0 Å². The third-order valence-electron chi connectivity index (χ3n) is 1.45. The summed E-state index contributed by atoms with van der Waals surface area (Å²) in [6.07, 6.45) is 1.76. The summed E-state index contributed by atoms with van der Waals surface area (Å²) in [5.41, 5.74) is 0. The molecule has 0 bridgehead atoms. The van der Waals surface area contributed by atoms with Crippen LogP contribution in [0.5, 0.6) is 0 Å². The molecule has 0 N–H and O–H groups in total. The Balaban J connectivity index is 3.01. The first-order valence-corrected chi connectivity index (χ1v) is 3.90. The molecule has 3 heteroatoms. The van der Waals surface area contributed by atoms with Crippen molar-refractivity contribution in [2.75, 3.05) is 0 Å². The van der Waals surface area contributed by atoms with Crippen LogP contribution in [0.4, 0.5) is 0 Å². The summed E-state index contributed by atoms with van der Waals surface area (Å²) in [5.74, 6) is 2.17. The largest absolute Gasteiger partial charge is 0.218 e. The lowest BCUT2D eigenvalue weighted by Gasteiger charge is -2.01. The molecule has 0 saturated heterocycles. The van der Waals surface area contributed by atoms with Gasteiger partial charge in [0.25, 0.3) is 0 Å². The van der Waals surface area contributed by atoms with Gasteiger partial charge in [-0.25, -0.2) is 15.0 Å². The highest BCUT2D eigenvalue weighted by molar-refractivity contribution is 4.99. The maximum Gasteiger partial charge on any atom is 0.132 e. The van der Waals surface area contributed by atoms with Gasteiger partial charge in [0.15, 0.2) is 0 Å². The quantitative estimate of drug-likeness (QED) is 0.665. The topological polar surface area (TPSA) is 38.7 Å². The number of nitrogens with zero attached hydrogens (tertiary/aromatic N) is 3. The van der Waals surface area contributed by atoms with E-state index in [1.165, 1.54) is 0 Å². The molecular formula is C9H12N3. The third-order valence-corrected chi connectivity index (χ3v) is 1.45. The molecule has 0 aromatic carbocycles. The van der Waals surface area contributed by atoms with Crippen LogP contribution in [0.2, 0.25) is 0 Å². The van der Waals surface area contributed by atoms with Gasteiger partial charge in [0.2, 0.25) is 0 Å². The normalized spacial score (nSPS) is 10.2. The number of rotatable bonds is 3. The molecule has 0 aliphatic rings. The Bertz CT molecular complexity index is 203. The Morgan fingerprint density at radius 2 is 0.917 bits per heavy atom. The molecule has 1 aromatic heterocycles. The third kappa shape index (κ3) is 2.00. The van der Waals surface area contributed by atoms with Crippen LogP contribution in [0.1, 0.15) is 17.5 Å². The van der Waals surface area contributed by atoms with Gasteiger partial charge in [-0.05, 0) is 20.8 Å². The van der Waals surface area contributed by atoms with Crippen LogP contribution in [-0.4, -0.2) is 15.0 Å². The highest BCUT2D eigenvalue weighted by atomic mass is 15.0. The van der Waals surface area contributed by atoms with E-state index in [1.54, 1.807) is 0 Å². The number of hydrogen-bond donors (Lipinski definition) is 0. The molecule has 0 aliphatic carbocycles. The average molecular weight is 162 g/mol. The first-order chi connectivity index (χ1) is 5.80. The van der Waals surface area contributed by atoms with Crippen molar-refractivity contribution >= 4 is 0 Å². The number of aromatic nitrogens is 3. The second-order valence-corrected chi connectivity index (χ2v) is 2.33. The molecule has 0 saturated carbocycles. The fourth-order valence-electron chi connectivity index (χ4n) is 0.857. The molecule has 63 valence electrons. The minimum Gasteiger partial charge on any atom is -0.218 e. The van der Waals surface area contributed by atoms with Gasteiger partial charge >= 0.3 is 0 Å². The minimum atomic E-state index is 0.586. The van der Waals surface area contributed by atoms with E-state index in [0.717, 1.165) is 17.5 Å². The highest BCUT2D eigenvalue weighted by Crippen LogP contribution is 1.98. The summed E-state index contributed by atoms with van der Waals surface area (Å²) >= 11 is 0. The van der Waals surface area contributed by atoms with E-state index in [-0.39, 0.29) is 0 Å². The maximum atomic E-state index is 4.14. The average Bonchev–Trinajstić information content (AvgIpc) is 2.16. The van der Waals surface area contributed by atoms with Crippen molar-refractivity contribution in [3.05, 3.63) is 38.2 Å². The van der Waals surface area contributed by atoms with Gasteiger partial charge in [-0.15, -0.1) is 0 Å². The van der Waals surface area contributed by atoms with E-state index in [0.29, 0.717) is 19.3 Å². The van der Waals surface area contributed by atoms with Crippen molar-refractivity contribution in [2.45, 2.75) is 19.3 Å². The molecule has 0 aliphatic heterocycles. The Morgan fingerprint density at radius 3 is 1.08 bits per heavy atom. The van der Waals surface area contributed by atoms with Crippen LogP contribution in [-0.2, 0) is 19.3 Å². The zero-order valence-corrected chi connectivity index (χ0v) is 7.08. The van der Waals surface area contributed by atoms with E-state index in [4.69, 9.17) is 0 Å². The Kier molecular flexibility index (Phi) is 3.14. The lowest BCUT2D eigenvalue weighted by Crippen LogP contribution is -2.05. The lowest BCUT2D eigenvalue weighted by molar-refractivity contribution is 0.810. The van der Waals surface area contributed by atoms with Gasteiger partial charge in [0.05, 0.1) is 0 Å². The summed E-state index contributed by atoms with van der Waals surface area (Å²) in [5, 5.41) is 0. The number of hydrogen-bond acceptors (Lipinski definition) is 3. The first kappa shape index (κ1) is 9.10. The van der Waals surface area contributed by atoms with E-state index in [2.05, 4.69) is 35.7 Å². The van der Waals surface area contributed by atoms with Gasteiger partial charge in [0, 0.05) is 19.3 Å². The standard InChI is InChI=1S/C9H12N3/c1-4-7-10-8(5-2)12-9(6-3)11-7/h1-6H2. The zero-order valence-electron chi connectivity index (χ0n) is 7.08. The highest BCUT2D eigenvalue weighted by Gasteiger charge is 2.01. The lowest BCUT2D eigenvalue weighted by atomic mass is 10.3. The molecule has 12 heavy (non-hydrogen) atoms. The summed E-state index contributed by atoms with van der Waals surface area (Å²) < 4.78 is 0. The van der Waals surface area contributed by atoms with Crippen molar-refractivity contribution in [2.24, 2.45) is 0 Å². The van der Waals surface area contributed by atoms with Crippen LogP contribution < -0.4 is 0 Å². The van der Waals surface area contributed by atoms with E-state index < -0.39 is 0 Å². The Hall–Kier alpha value is -0.990. The monoisotopic (exact) mass is 162 g/mol. The molecule has 3 radical (unpaired) electrons. The van der Waals surface area contributed by atoms with Gasteiger partial charge in [-0.1, -0.05) is 0 Å². The summed E-state index contributed by atoms with van der Waals surface area (Å²) in [7, 11) is 0. The second kappa shape index (κ2) is 4.14. The van der Waals surface area contributed by atoms with Crippen LogP contribution in [0.15, 0.2) is 0 Å². The van der Waals surface area contributed by atoms with E-state index in [1.807, 2.05) is 0 Å². The van der Waals surface area contributed by atoms with Crippen LogP contribution in [0, 0.1) is 20.8 Å². The van der Waals surface area contributed by atoms with Crippen molar-refractivity contribution in [3.8, 4) is 0 Å². The van der Waals surface area contributed by atoms with Crippen molar-refractivity contribution in [1.82, 2.24) is 15.0 Å². The Labute approximate surface area is 73.3 Å². The predicted molar refractivity (Wildman–Crippen MR) is 47.0 cm³/mol. The molecule has 0 spiro atoms. The van der Waals surface area contributed by atoms with Gasteiger partial charge in [0.1, 0.15) is 17.5 Å². The SMILES string of the molecule is [CH2]Cc1nc(C[CH2])nc(C[CH2])n1. The van der Waals surface area contributed by atoms with Crippen molar-refractivity contribution < 1.29 is 0 Å². The van der Waals surface area contributed by atoms with Crippen molar-refractivity contribution in [3.63, 3.8) is 0 Å². The fraction of sp³-hybridized carbons (Fsp3) is 0.333. The first-order valence-electron chi connectivity index (χ1n) is 3.90. The molecule has 0 unspecified atom stereocenters. The van der Waals surface area contributed by atoms with Gasteiger partial charge < -0.3 is 0 Å². The van der Waals surface area contributed by atoms with Gasteiger partial charge in [-0.3, -0.25) is 0 Å². The summed E-state index contributed by atoms with van der Waals surface area (Å²) in [6.45, 7) is 11.1. The maximum absolute atomic E-state index is 4.14. The molecule has 3 nitrogen and oxygen atoms in total. The summed E-state index contributed by atoms with van der Waals surface area (Å²) in [4.78, 5) is 12.4. The predicted octanol–water partition coefficient (Wildman–Crippen LogP) is 1.00. The minimum absolute atomic E-state index is 0.586. The molecule has 0 fully saturated rings. The summed E-state index contributed by atoms with van der Waals surface area (Å²) in [6, 6.07) is 0. The molecule has 0 amide bonds. The molecule has 1 aromatic rings. The van der Waals surface area contributed by atoms with Crippen LogP contribution in [0.3, 0.4) is 0 Å². The molecule has 1 rings (SSSR count). The Morgan fingerprint density at radius 1 is 0.667 bits per heavy atom. The van der Waals surface area contributed by atoms with Crippen LogP contribution >= 0.6 is 0 Å². The fourth-order valence-corrected chi connectivity index (χ4v) is 0.857. The molecule has 0 atom stereocenters. The zero-order chi connectivity index (χ0) is 8.97.